The summed E-state index contributed by atoms with van der Waals surface area (Å²) in [7, 11) is 0. The molecule has 0 aliphatic heterocycles. The lowest BCUT2D eigenvalue weighted by atomic mass is 9.83. The molecule has 2 aliphatic carbocycles. The molecule has 0 saturated heterocycles. The van der Waals surface area contributed by atoms with Crippen molar-refractivity contribution in [3.05, 3.63) is 77.0 Å². The summed E-state index contributed by atoms with van der Waals surface area (Å²) < 4.78 is 47.3. The fourth-order valence-corrected chi connectivity index (χ4v) is 5.31. The number of carbonyl (C=O) groups is 3. The second-order valence-electron chi connectivity index (χ2n) is 12.6. The van der Waals surface area contributed by atoms with Gasteiger partial charge >= 0.3 is 12.3 Å². The van der Waals surface area contributed by atoms with Crippen molar-refractivity contribution >= 4 is 29.4 Å². The highest BCUT2D eigenvalue weighted by atomic mass is 19.4. The van der Waals surface area contributed by atoms with Gasteiger partial charge < -0.3 is 20.5 Å². The third-order valence-corrected chi connectivity index (χ3v) is 7.91. The Balaban J connectivity index is 1.29. The van der Waals surface area contributed by atoms with E-state index >= 15 is 0 Å². The minimum atomic E-state index is -4.69. The van der Waals surface area contributed by atoms with Crippen LogP contribution in [0.2, 0.25) is 0 Å². The summed E-state index contributed by atoms with van der Waals surface area (Å²) in [6.07, 6.45) is -1.19. The molecule has 1 heterocycles. The molecule has 1 aromatic heterocycles. The van der Waals surface area contributed by atoms with Crippen molar-refractivity contribution in [2.75, 3.05) is 10.6 Å². The lowest BCUT2D eigenvalue weighted by molar-refractivity contribution is -0.137. The number of fused-ring (bicyclic) bond motifs is 1. The van der Waals surface area contributed by atoms with Gasteiger partial charge in [0, 0.05) is 41.9 Å². The molecule has 0 radical (unpaired) electrons. The number of anilines is 2. The summed E-state index contributed by atoms with van der Waals surface area (Å²) >= 11 is 0. The first kappa shape index (κ1) is 31.8. The summed E-state index contributed by atoms with van der Waals surface area (Å²) in [6, 6.07) is 12.0. The summed E-state index contributed by atoms with van der Waals surface area (Å²) in [4.78, 5) is 42.4. The number of amides is 3. The van der Waals surface area contributed by atoms with Crippen LogP contribution in [0.4, 0.5) is 29.5 Å². The fraction of sp³-hybridized carbons (Fsp3) is 0.394. The lowest BCUT2D eigenvalue weighted by Gasteiger charge is -2.33. The molecule has 0 bridgehead atoms. The van der Waals surface area contributed by atoms with Crippen LogP contribution in [0.25, 0.3) is 0 Å². The zero-order valence-corrected chi connectivity index (χ0v) is 25.2. The summed E-state index contributed by atoms with van der Waals surface area (Å²) in [5, 5.41) is 15.1. The largest absolute Gasteiger partial charge is 0.465 e. The van der Waals surface area contributed by atoms with Gasteiger partial charge in [-0.2, -0.15) is 13.2 Å². The highest BCUT2D eigenvalue weighted by Crippen LogP contribution is 2.35. The Morgan fingerprint density at radius 3 is 2.29 bits per heavy atom. The van der Waals surface area contributed by atoms with E-state index in [1.165, 1.54) is 12.3 Å². The van der Waals surface area contributed by atoms with Crippen molar-refractivity contribution in [2.24, 2.45) is 11.8 Å². The van der Waals surface area contributed by atoms with Gasteiger partial charge in [-0.1, -0.05) is 6.07 Å². The standard InChI is InChI=1S/C33H35F3N4O5/c1-32(2,3)40(31(43)44)18-19-12-24(33(34,35)36)16-25(13-19)38-30(42)22-7-4-20-8-9-26(15-23(20)14-22)45-27-10-11-37-28(17-27)39-29(41)21-5-6-21/h8-13,15-17,21-22H,4-7,14,18H2,1-3H3,(H,38,42)(H,43,44)(H,37,39,41). The highest BCUT2D eigenvalue weighted by molar-refractivity contribution is 5.94. The van der Waals surface area contributed by atoms with E-state index in [1.807, 2.05) is 18.2 Å². The van der Waals surface area contributed by atoms with Gasteiger partial charge in [0.2, 0.25) is 11.8 Å². The second kappa shape index (κ2) is 12.4. The van der Waals surface area contributed by atoms with Crippen LogP contribution < -0.4 is 15.4 Å². The number of carbonyl (C=O) groups excluding carboxylic acids is 2. The Bertz CT molecular complexity index is 1610. The smallest absolute Gasteiger partial charge is 0.416 e. The number of hydrogen-bond acceptors (Lipinski definition) is 5. The van der Waals surface area contributed by atoms with E-state index in [0.717, 1.165) is 41.0 Å². The van der Waals surface area contributed by atoms with Crippen molar-refractivity contribution in [1.82, 2.24) is 9.88 Å². The number of alkyl halides is 3. The van der Waals surface area contributed by atoms with Crippen LogP contribution in [0.5, 0.6) is 11.5 Å². The molecule has 2 aliphatic rings. The van der Waals surface area contributed by atoms with Crippen molar-refractivity contribution in [1.29, 1.82) is 0 Å². The van der Waals surface area contributed by atoms with Crippen LogP contribution in [0.1, 0.15) is 62.3 Å². The average Bonchev–Trinajstić information content (AvgIpc) is 3.80. The molecular formula is C33H35F3N4O5. The van der Waals surface area contributed by atoms with Gasteiger partial charge in [-0.05, 0) is 106 Å². The van der Waals surface area contributed by atoms with Crippen molar-refractivity contribution < 1.29 is 37.4 Å². The topological polar surface area (TPSA) is 121 Å². The summed E-state index contributed by atoms with van der Waals surface area (Å²) in [5.74, 6) is 0.458. The average molecular weight is 625 g/mol. The minimum Gasteiger partial charge on any atom is -0.465 e. The van der Waals surface area contributed by atoms with Crippen LogP contribution in [0, 0.1) is 11.8 Å². The van der Waals surface area contributed by atoms with Crippen molar-refractivity contribution in [2.45, 2.75) is 71.1 Å². The number of nitrogens with one attached hydrogen (secondary N) is 2. The molecule has 2 aromatic carbocycles. The molecule has 1 fully saturated rings. The molecule has 3 N–H and O–H groups in total. The molecule has 1 unspecified atom stereocenters. The number of hydrogen-bond donors (Lipinski definition) is 3. The van der Waals surface area contributed by atoms with Crippen LogP contribution in [-0.2, 0) is 35.2 Å². The molecule has 3 amide bonds. The van der Waals surface area contributed by atoms with E-state index in [1.54, 1.807) is 32.9 Å². The Hall–Kier alpha value is -4.61. The number of halogens is 3. The summed E-state index contributed by atoms with van der Waals surface area (Å²) in [6.45, 7) is 4.67. The SMILES string of the molecule is CC(C)(C)N(Cc1cc(NC(=O)C2CCc3ccc(Oc4ccnc(NC(=O)C5CC5)c4)cc3C2)cc(C(F)(F)F)c1)C(=O)O. The van der Waals surface area contributed by atoms with Gasteiger partial charge in [0.05, 0.1) is 5.56 Å². The molecule has 1 atom stereocenters. The van der Waals surface area contributed by atoms with Gasteiger partial charge in [-0.25, -0.2) is 9.78 Å². The molecule has 9 nitrogen and oxygen atoms in total. The molecule has 5 rings (SSSR count). The third-order valence-electron chi connectivity index (χ3n) is 7.91. The fourth-order valence-electron chi connectivity index (χ4n) is 5.31. The number of ether oxygens (including phenoxy) is 1. The zero-order valence-electron chi connectivity index (χ0n) is 25.2. The van der Waals surface area contributed by atoms with Crippen LogP contribution in [0.3, 0.4) is 0 Å². The third kappa shape index (κ3) is 8.11. The Kier molecular flexibility index (Phi) is 8.77. The van der Waals surface area contributed by atoms with Crippen LogP contribution in [-0.4, -0.2) is 38.4 Å². The Morgan fingerprint density at radius 1 is 0.911 bits per heavy atom. The van der Waals surface area contributed by atoms with E-state index in [-0.39, 0.29) is 29.6 Å². The molecular weight excluding hydrogens is 589 g/mol. The minimum absolute atomic E-state index is 0.0357. The van der Waals surface area contributed by atoms with Gasteiger partial charge in [0.1, 0.15) is 17.3 Å². The molecule has 0 spiro atoms. The molecule has 3 aromatic rings. The highest BCUT2D eigenvalue weighted by Gasteiger charge is 2.34. The predicted molar refractivity (Wildman–Crippen MR) is 161 cm³/mol. The van der Waals surface area contributed by atoms with E-state index in [4.69, 9.17) is 4.74 Å². The maximum atomic E-state index is 13.8. The second-order valence-corrected chi connectivity index (χ2v) is 12.6. The van der Waals surface area contributed by atoms with Crippen molar-refractivity contribution in [3.63, 3.8) is 0 Å². The lowest BCUT2D eigenvalue weighted by Crippen LogP contribution is -2.44. The predicted octanol–water partition coefficient (Wildman–Crippen LogP) is 7.26. The van der Waals surface area contributed by atoms with E-state index < -0.39 is 35.2 Å². The Morgan fingerprint density at radius 2 is 1.62 bits per heavy atom. The number of aromatic nitrogens is 1. The summed E-state index contributed by atoms with van der Waals surface area (Å²) in [5.41, 5.74) is 0.177. The Labute approximate surface area is 258 Å². The number of pyridine rings is 1. The maximum absolute atomic E-state index is 13.8. The first-order valence-electron chi connectivity index (χ1n) is 14.7. The molecule has 45 heavy (non-hydrogen) atoms. The number of carboxylic acid groups (broad SMARTS) is 1. The van der Waals surface area contributed by atoms with Crippen molar-refractivity contribution in [3.8, 4) is 11.5 Å². The zero-order chi connectivity index (χ0) is 32.5. The quantitative estimate of drug-likeness (QED) is 0.243. The van der Waals surface area contributed by atoms with Gasteiger partial charge in [-0.15, -0.1) is 0 Å². The van der Waals surface area contributed by atoms with Crippen LogP contribution >= 0.6 is 0 Å². The normalized spacial score (nSPS) is 16.4. The van der Waals surface area contributed by atoms with E-state index in [2.05, 4.69) is 15.6 Å². The maximum Gasteiger partial charge on any atom is 0.416 e. The first-order valence-corrected chi connectivity index (χ1v) is 14.7. The molecule has 1 saturated carbocycles. The van der Waals surface area contributed by atoms with E-state index in [0.29, 0.717) is 36.6 Å². The first-order chi connectivity index (χ1) is 21.2. The number of aryl methyl sites for hydroxylation is 1. The monoisotopic (exact) mass is 624 g/mol. The van der Waals surface area contributed by atoms with Gasteiger partial charge in [-0.3, -0.25) is 14.5 Å². The van der Waals surface area contributed by atoms with Gasteiger partial charge in [0.15, 0.2) is 0 Å². The number of nitrogens with zero attached hydrogens (tertiary/aromatic N) is 2. The molecule has 238 valence electrons. The van der Waals surface area contributed by atoms with Crippen LogP contribution in [0.15, 0.2) is 54.7 Å². The number of rotatable bonds is 8. The molecule has 12 heteroatoms. The number of benzene rings is 2. The van der Waals surface area contributed by atoms with E-state index in [9.17, 15) is 32.7 Å². The van der Waals surface area contributed by atoms with Gasteiger partial charge in [0.25, 0.3) is 0 Å².